The molecule has 0 aromatic heterocycles. The lowest BCUT2D eigenvalue weighted by molar-refractivity contribution is -0.146. The number of nitrogens with zero attached hydrogens (tertiary/aromatic N) is 1. The summed E-state index contributed by atoms with van der Waals surface area (Å²) < 4.78 is 5.23. The van der Waals surface area contributed by atoms with E-state index in [0.29, 0.717) is 32.1 Å². The predicted octanol–water partition coefficient (Wildman–Crippen LogP) is 1.12. The molecule has 1 N–H and O–H groups in total. The highest BCUT2D eigenvalue weighted by molar-refractivity contribution is 5.77. The quantitative estimate of drug-likeness (QED) is 0.786. The summed E-state index contributed by atoms with van der Waals surface area (Å²) in [6, 6.07) is -0.305. The van der Waals surface area contributed by atoms with Crippen molar-refractivity contribution < 1.29 is 19.4 Å². The van der Waals surface area contributed by atoms with E-state index in [-0.39, 0.29) is 18.4 Å². The lowest BCUT2D eigenvalue weighted by atomic mass is 10.1. The van der Waals surface area contributed by atoms with E-state index in [1.165, 1.54) is 0 Å². The first-order valence-electron chi connectivity index (χ1n) is 6.09. The van der Waals surface area contributed by atoms with Gasteiger partial charge in [0.15, 0.2) is 0 Å². The maximum absolute atomic E-state index is 12.0. The van der Waals surface area contributed by atoms with E-state index < -0.39 is 5.97 Å². The molecule has 1 rings (SSSR count). The molecule has 1 atom stereocenters. The molecule has 1 aliphatic rings. The molecule has 1 saturated heterocycles. The highest BCUT2D eigenvalue weighted by atomic mass is 16.5. The van der Waals surface area contributed by atoms with Gasteiger partial charge < -0.3 is 14.7 Å². The Morgan fingerprint density at radius 1 is 1.47 bits per heavy atom. The number of morpholine rings is 1. The van der Waals surface area contributed by atoms with Crippen molar-refractivity contribution in [3.8, 4) is 0 Å². The fraction of sp³-hybridized carbons (Fsp3) is 0.833. The van der Waals surface area contributed by atoms with Crippen molar-refractivity contribution in [2.45, 2.75) is 39.2 Å². The zero-order chi connectivity index (χ0) is 12.8. The molecule has 0 aliphatic carbocycles. The van der Waals surface area contributed by atoms with Crippen LogP contribution in [0.3, 0.4) is 0 Å². The van der Waals surface area contributed by atoms with Crippen molar-refractivity contribution in [3.63, 3.8) is 0 Å². The Balaban J connectivity index is 2.51. The van der Waals surface area contributed by atoms with Crippen LogP contribution in [0, 0.1) is 5.92 Å². The normalized spacial score (nSPS) is 20.6. The highest BCUT2D eigenvalue weighted by Gasteiger charge is 2.28. The average molecular weight is 243 g/mol. The molecule has 1 amide bonds. The van der Waals surface area contributed by atoms with Gasteiger partial charge in [0.25, 0.3) is 0 Å². The summed E-state index contributed by atoms with van der Waals surface area (Å²) >= 11 is 0. The van der Waals surface area contributed by atoms with Crippen LogP contribution in [0.4, 0.5) is 0 Å². The molecule has 17 heavy (non-hydrogen) atoms. The first-order chi connectivity index (χ1) is 8.00. The molecule has 0 saturated carbocycles. The van der Waals surface area contributed by atoms with Gasteiger partial charge in [-0.05, 0) is 12.3 Å². The van der Waals surface area contributed by atoms with Crippen molar-refractivity contribution in [3.05, 3.63) is 0 Å². The number of hydrogen-bond acceptors (Lipinski definition) is 3. The minimum Gasteiger partial charge on any atom is -0.481 e. The lowest BCUT2D eigenvalue weighted by Gasteiger charge is -2.35. The third-order valence-electron chi connectivity index (χ3n) is 2.89. The molecule has 1 aliphatic heterocycles. The Hall–Kier alpha value is -1.10. The third-order valence-corrected chi connectivity index (χ3v) is 2.89. The van der Waals surface area contributed by atoms with Crippen molar-refractivity contribution in [1.82, 2.24) is 4.90 Å². The maximum atomic E-state index is 12.0. The highest BCUT2D eigenvalue weighted by Crippen LogP contribution is 2.14. The zero-order valence-corrected chi connectivity index (χ0v) is 10.5. The minimum absolute atomic E-state index is 0.0343. The van der Waals surface area contributed by atoms with Gasteiger partial charge in [0.2, 0.25) is 5.91 Å². The van der Waals surface area contributed by atoms with Crippen molar-refractivity contribution in [1.29, 1.82) is 0 Å². The fourth-order valence-corrected chi connectivity index (χ4v) is 1.91. The van der Waals surface area contributed by atoms with Gasteiger partial charge in [0, 0.05) is 13.0 Å². The molecule has 1 fully saturated rings. The number of aliphatic carboxylic acids is 1. The number of rotatable bonds is 5. The standard InChI is InChI=1S/C12H21NO4/c1-9(2)3-4-11(14)13-5-6-17-8-10(13)7-12(15)16/h9-10H,3-8H2,1-2H3,(H,15,16). The molecule has 5 heteroatoms. The van der Waals surface area contributed by atoms with Gasteiger partial charge in [-0.1, -0.05) is 13.8 Å². The number of carbonyl (C=O) groups is 2. The van der Waals surface area contributed by atoms with E-state index >= 15 is 0 Å². The summed E-state index contributed by atoms with van der Waals surface area (Å²) in [6.07, 6.45) is 1.30. The first kappa shape index (κ1) is 14.0. The van der Waals surface area contributed by atoms with Crippen molar-refractivity contribution in [2.75, 3.05) is 19.8 Å². The van der Waals surface area contributed by atoms with E-state index in [1.54, 1.807) is 4.90 Å². The van der Waals surface area contributed by atoms with E-state index in [2.05, 4.69) is 13.8 Å². The van der Waals surface area contributed by atoms with Gasteiger partial charge in [-0.2, -0.15) is 0 Å². The van der Waals surface area contributed by atoms with Crippen molar-refractivity contribution >= 4 is 11.9 Å². The Bertz CT molecular complexity index is 278. The molecule has 0 aromatic carbocycles. The maximum Gasteiger partial charge on any atom is 0.305 e. The number of carboxylic acid groups (broad SMARTS) is 1. The van der Waals surface area contributed by atoms with Gasteiger partial charge in [-0.15, -0.1) is 0 Å². The van der Waals surface area contributed by atoms with Gasteiger partial charge >= 0.3 is 5.97 Å². The molecule has 0 bridgehead atoms. The second-order valence-electron chi connectivity index (χ2n) is 4.85. The molecule has 1 heterocycles. The van der Waals surface area contributed by atoms with Gasteiger partial charge in [0.05, 0.1) is 25.7 Å². The van der Waals surface area contributed by atoms with Gasteiger partial charge in [-0.25, -0.2) is 0 Å². The Morgan fingerprint density at radius 2 is 2.18 bits per heavy atom. The van der Waals surface area contributed by atoms with E-state index in [9.17, 15) is 9.59 Å². The SMILES string of the molecule is CC(C)CCC(=O)N1CCOCC1CC(=O)O. The van der Waals surface area contributed by atoms with Gasteiger partial charge in [-0.3, -0.25) is 9.59 Å². The van der Waals surface area contributed by atoms with Crippen LogP contribution in [-0.4, -0.2) is 47.7 Å². The van der Waals surface area contributed by atoms with E-state index in [4.69, 9.17) is 9.84 Å². The number of ether oxygens (including phenoxy) is 1. The first-order valence-corrected chi connectivity index (χ1v) is 6.09. The summed E-state index contributed by atoms with van der Waals surface area (Å²) in [7, 11) is 0. The molecule has 0 aromatic rings. The average Bonchev–Trinajstić information content (AvgIpc) is 2.25. The summed E-state index contributed by atoms with van der Waals surface area (Å²) in [5.41, 5.74) is 0. The Labute approximate surface area is 102 Å². The molecule has 5 nitrogen and oxygen atoms in total. The molecular weight excluding hydrogens is 222 g/mol. The molecule has 98 valence electrons. The monoisotopic (exact) mass is 243 g/mol. The van der Waals surface area contributed by atoms with Gasteiger partial charge in [0.1, 0.15) is 0 Å². The number of hydrogen-bond donors (Lipinski definition) is 1. The zero-order valence-electron chi connectivity index (χ0n) is 10.5. The summed E-state index contributed by atoms with van der Waals surface area (Å²) in [6.45, 7) is 5.49. The van der Waals surface area contributed by atoms with Crippen LogP contribution in [-0.2, 0) is 14.3 Å². The minimum atomic E-state index is -0.887. The smallest absolute Gasteiger partial charge is 0.305 e. The van der Waals surface area contributed by atoms with Crippen LogP contribution < -0.4 is 0 Å². The molecule has 0 radical (unpaired) electrons. The fourth-order valence-electron chi connectivity index (χ4n) is 1.91. The largest absolute Gasteiger partial charge is 0.481 e. The summed E-state index contributed by atoms with van der Waals surface area (Å²) in [4.78, 5) is 24.3. The van der Waals surface area contributed by atoms with Crippen molar-refractivity contribution in [2.24, 2.45) is 5.92 Å². The molecular formula is C12H21NO4. The number of carbonyl (C=O) groups excluding carboxylic acids is 1. The third kappa shape index (κ3) is 4.73. The van der Waals surface area contributed by atoms with Crippen LogP contribution in [0.1, 0.15) is 33.1 Å². The lowest BCUT2D eigenvalue weighted by Crippen LogP contribution is -2.49. The predicted molar refractivity (Wildman–Crippen MR) is 62.6 cm³/mol. The van der Waals surface area contributed by atoms with Crippen LogP contribution in [0.15, 0.2) is 0 Å². The molecule has 1 unspecified atom stereocenters. The summed E-state index contributed by atoms with van der Waals surface area (Å²) in [5, 5.41) is 8.79. The Kier molecular flexibility index (Phi) is 5.41. The molecule has 0 spiro atoms. The van der Waals surface area contributed by atoms with Crippen LogP contribution >= 0.6 is 0 Å². The number of carboxylic acids is 1. The second-order valence-corrected chi connectivity index (χ2v) is 4.85. The Morgan fingerprint density at radius 3 is 2.76 bits per heavy atom. The summed E-state index contributed by atoms with van der Waals surface area (Å²) in [5.74, 6) is -0.353. The topological polar surface area (TPSA) is 66.8 Å². The van der Waals surface area contributed by atoms with Crippen LogP contribution in [0.5, 0.6) is 0 Å². The van der Waals surface area contributed by atoms with E-state index in [1.807, 2.05) is 0 Å². The van der Waals surface area contributed by atoms with E-state index in [0.717, 1.165) is 6.42 Å². The van der Waals surface area contributed by atoms with Crippen LogP contribution in [0.2, 0.25) is 0 Å². The second kappa shape index (κ2) is 6.59. The number of amides is 1. The van der Waals surface area contributed by atoms with Crippen LogP contribution in [0.25, 0.3) is 0 Å².